The molecule has 0 aliphatic carbocycles. The Kier molecular flexibility index (Phi) is 8.85. The van der Waals surface area contributed by atoms with Gasteiger partial charge in [0.15, 0.2) is 11.0 Å². The molecule has 0 unspecified atom stereocenters. The molecule has 0 saturated carbocycles. The molecule has 208 valence electrons. The van der Waals surface area contributed by atoms with E-state index in [9.17, 15) is 22.8 Å². The Morgan fingerprint density at radius 3 is 2.45 bits per heavy atom. The lowest BCUT2D eigenvalue weighted by molar-refractivity contribution is -0.137. The number of alkyl halides is 3. The van der Waals surface area contributed by atoms with Crippen LogP contribution in [0.15, 0.2) is 65.8 Å². The van der Waals surface area contributed by atoms with Crippen molar-refractivity contribution in [3.63, 3.8) is 0 Å². The van der Waals surface area contributed by atoms with Crippen molar-refractivity contribution in [1.29, 1.82) is 0 Å². The van der Waals surface area contributed by atoms with Crippen LogP contribution in [-0.4, -0.2) is 32.3 Å². The van der Waals surface area contributed by atoms with Crippen molar-refractivity contribution < 1.29 is 22.8 Å². The highest BCUT2D eigenvalue weighted by atomic mass is 35.5. The SMILES string of the molecule is Cc1cccc(-n2c(CNC(=O)c3ccc(C)c(C)c3)nnc2SCC(=O)Nc2cc(C(F)(F)F)ccc2Cl)c1. The van der Waals surface area contributed by atoms with Gasteiger partial charge in [-0.3, -0.25) is 14.2 Å². The summed E-state index contributed by atoms with van der Waals surface area (Å²) in [5, 5.41) is 14.1. The molecule has 1 aromatic heterocycles. The summed E-state index contributed by atoms with van der Waals surface area (Å²) in [5.41, 5.74) is 3.23. The maximum absolute atomic E-state index is 13.1. The molecule has 0 aliphatic heterocycles. The smallest absolute Gasteiger partial charge is 0.345 e. The Balaban J connectivity index is 1.52. The van der Waals surface area contributed by atoms with Gasteiger partial charge >= 0.3 is 6.18 Å². The monoisotopic (exact) mass is 587 g/mol. The molecule has 2 N–H and O–H groups in total. The van der Waals surface area contributed by atoms with Crippen LogP contribution in [0, 0.1) is 20.8 Å². The first-order chi connectivity index (χ1) is 18.9. The highest BCUT2D eigenvalue weighted by Crippen LogP contribution is 2.34. The van der Waals surface area contributed by atoms with Crippen molar-refractivity contribution in [3.8, 4) is 5.69 Å². The largest absolute Gasteiger partial charge is 0.416 e. The molecule has 0 bridgehead atoms. The predicted octanol–water partition coefficient (Wildman–Crippen LogP) is 6.53. The highest BCUT2D eigenvalue weighted by molar-refractivity contribution is 7.99. The maximum Gasteiger partial charge on any atom is 0.416 e. The van der Waals surface area contributed by atoms with E-state index in [2.05, 4.69) is 20.8 Å². The van der Waals surface area contributed by atoms with Crippen molar-refractivity contribution in [2.45, 2.75) is 38.6 Å². The Bertz CT molecular complexity index is 1570. The Hall–Kier alpha value is -3.83. The number of amides is 2. The van der Waals surface area contributed by atoms with E-state index in [1.165, 1.54) is 0 Å². The minimum Gasteiger partial charge on any atom is -0.345 e. The zero-order chi connectivity index (χ0) is 29.0. The number of aryl methyl sites for hydroxylation is 3. The number of carbonyl (C=O) groups excluding carboxylic acids is 2. The third-order valence-electron chi connectivity index (χ3n) is 6.04. The molecule has 0 spiro atoms. The Labute approximate surface area is 238 Å². The average Bonchev–Trinajstić information content (AvgIpc) is 3.31. The lowest BCUT2D eigenvalue weighted by Crippen LogP contribution is -2.25. The van der Waals surface area contributed by atoms with Gasteiger partial charge in [0, 0.05) is 11.3 Å². The van der Waals surface area contributed by atoms with E-state index < -0.39 is 17.6 Å². The number of benzene rings is 3. The van der Waals surface area contributed by atoms with Crippen LogP contribution >= 0.6 is 23.4 Å². The fourth-order valence-corrected chi connectivity index (χ4v) is 4.73. The van der Waals surface area contributed by atoms with Crippen LogP contribution in [0.1, 0.15) is 38.4 Å². The molecule has 4 rings (SSSR count). The number of nitrogens with one attached hydrogen (secondary N) is 2. The van der Waals surface area contributed by atoms with Gasteiger partial charge in [-0.15, -0.1) is 10.2 Å². The lowest BCUT2D eigenvalue weighted by atomic mass is 10.1. The van der Waals surface area contributed by atoms with Gasteiger partial charge < -0.3 is 10.6 Å². The number of carbonyl (C=O) groups is 2. The van der Waals surface area contributed by atoms with Gasteiger partial charge in [0.1, 0.15) is 0 Å². The van der Waals surface area contributed by atoms with Crippen LogP contribution in [0.25, 0.3) is 5.69 Å². The molecular weight excluding hydrogens is 563 g/mol. The molecule has 2 amide bonds. The van der Waals surface area contributed by atoms with Crippen LogP contribution in [0.3, 0.4) is 0 Å². The fraction of sp³-hybridized carbons (Fsp3) is 0.214. The zero-order valence-electron chi connectivity index (χ0n) is 21.8. The van der Waals surface area contributed by atoms with Gasteiger partial charge in [-0.1, -0.05) is 41.6 Å². The lowest BCUT2D eigenvalue weighted by Gasteiger charge is -2.13. The molecule has 0 fully saturated rings. The van der Waals surface area contributed by atoms with E-state index in [0.717, 1.165) is 52.3 Å². The van der Waals surface area contributed by atoms with Gasteiger partial charge in [0.05, 0.1) is 28.6 Å². The average molecular weight is 588 g/mol. The maximum atomic E-state index is 13.1. The van der Waals surface area contributed by atoms with Crippen LogP contribution < -0.4 is 10.6 Å². The summed E-state index contributed by atoms with van der Waals surface area (Å²) in [6.45, 7) is 5.89. The van der Waals surface area contributed by atoms with Crippen molar-refractivity contribution >= 4 is 40.9 Å². The number of aromatic nitrogens is 3. The minimum absolute atomic E-state index is 0.0175. The number of halogens is 4. The quantitative estimate of drug-likeness (QED) is 0.229. The van der Waals surface area contributed by atoms with Gasteiger partial charge in [-0.2, -0.15) is 13.2 Å². The second-order valence-electron chi connectivity index (χ2n) is 9.08. The minimum atomic E-state index is -4.58. The van der Waals surface area contributed by atoms with Crippen molar-refractivity contribution in [1.82, 2.24) is 20.1 Å². The number of nitrogens with zero attached hydrogens (tertiary/aromatic N) is 3. The van der Waals surface area contributed by atoms with E-state index in [1.54, 1.807) is 10.6 Å². The normalized spacial score (nSPS) is 11.4. The topological polar surface area (TPSA) is 88.9 Å². The van der Waals surface area contributed by atoms with Crippen molar-refractivity contribution in [3.05, 3.63) is 99.3 Å². The van der Waals surface area contributed by atoms with E-state index in [4.69, 9.17) is 11.6 Å². The summed E-state index contributed by atoms with van der Waals surface area (Å²) in [6.07, 6.45) is -4.58. The molecule has 0 saturated heterocycles. The Morgan fingerprint density at radius 2 is 1.75 bits per heavy atom. The third-order valence-corrected chi connectivity index (χ3v) is 7.30. The van der Waals surface area contributed by atoms with Gasteiger partial charge in [0.25, 0.3) is 5.91 Å². The molecule has 3 aromatic carbocycles. The van der Waals surface area contributed by atoms with E-state index >= 15 is 0 Å². The van der Waals surface area contributed by atoms with E-state index in [1.807, 2.05) is 57.2 Å². The summed E-state index contributed by atoms with van der Waals surface area (Å²) < 4.78 is 41.0. The number of rotatable bonds is 8. The zero-order valence-corrected chi connectivity index (χ0v) is 23.3. The molecule has 40 heavy (non-hydrogen) atoms. The number of hydrogen-bond acceptors (Lipinski definition) is 5. The standard InChI is InChI=1S/C28H25ClF3N5O2S/c1-16-5-4-6-21(11-16)37-24(14-33-26(39)19-8-7-17(2)18(3)12-19)35-36-27(37)40-15-25(38)34-23-13-20(28(30,31)32)9-10-22(23)29/h4-13H,14-15H2,1-3H3,(H,33,39)(H,34,38). The van der Waals surface area contributed by atoms with E-state index in [-0.39, 0.29) is 28.9 Å². The molecule has 0 radical (unpaired) electrons. The van der Waals surface area contributed by atoms with Crippen LogP contribution in [0.4, 0.5) is 18.9 Å². The number of hydrogen-bond donors (Lipinski definition) is 2. The first-order valence-corrected chi connectivity index (χ1v) is 13.4. The summed E-state index contributed by atoms with van der Waals surface area (Å²) in [4.78, 5) is 25.4. The van der Waals surface area contributed by atoms with Crippen LogP contribution in [-0.2, 0) is 17.5 Å². The molecule has 1 heterocycles. The molecular formula is C28H25ClF3N5O2S. The highest BCUT2D eigenvalue weighted by Gasteiger charge is 2.31. The summed E-state index contributed by atoms with van der Waals surface area (Å²) >= 11 is 7.05. The number of thioether (sulfide) groups is 1. The van der Waals surface area contributed by atoms with Crippen molar-refractivity contribution in [2.75, 3.05) is 11.1 Å². The molecule has 0 aliphatic rings. The van der Waals surface area contributed by atoms with E-state index in [0.29, 0.717) is 16.5 Å². The number of anilines is 1. The molecule has 7 nitrogen and oxygen atoms in total. The van der Waals surface area contributed by atoms with Gasteiger partial charge in [-0.25, -0.2) is 0 Å². The predicted molar refractivity (Wildman–Crippen MR) is 149 cm³/mol. The van der Waals surface area contributed by atoms with Crippen molar-refractivity contribution in [2.24, 2.45) is 0 Å². The summed E-state index contributed by atoms with van der Waals surface area (Å²) in [6, 6.07) is 15.7. The summed E-state index contributed by atoms with van der Waals surface area (Å²) in [5.74, 6) is -0.583. The van der Waals surface area contributed by atoms with Gasteiger partial charge in [-0.05, 0) is 79.9 Å². The molecule has 4 aromatic rings. The van der Waals surface area contributed by atoms with Gasteiger partial charge in [0.2, 0.25) is 5.91 Å². The second-order valence-corrected chi connectivity index (χ2v) is 10.4. The first kappa shape index (κ1) is 29.2. The molecule has 12 heteroatoms. The third kappa shape index (κ3) is 7.02. The van der Waals surface area contributed by atoms with Crippen LogP contribution in [0.2, 0.25) is 5.02 Å². The second kappa shape index (κ2) is 12.1. The van der Waals surface area contributed by atoms with Crippen LogP contribution in [0.5, 0.6) is 0 Å². The fourth-order valence-electron chi connectivity index (χ4n) is 3.79. The Morgan fingerprint density at radius 1 is 0.975 bits per heavy atom. The summed E-state index contributed by atoms with van der Waals surface area (Å²) in [7, 11) is 0. The molecule has 0 atom stereocenters. The first-order valence-electron chi connectivity index (χ1n) is 12.1.